The van der Waals surface area contributed by atoms with Crippen molar-refractivity contribution in [3.05, 3.63) is 109 Å². The molecule has 0 aliphatic heterocycles. The van der Waals surface area contributed by atoms with Gasteiger partial charge in [-0.25, -0.2) is 0 Å². The van der Waals surface area contributed by atoms with Crippen LogP contribution in [0.4, 0.5) is 0 Å². The topological polar surface area (TPSA) is 78.9 Å². The fraction of sp³-hybridized carbons (Fsp3) is 0.700. The van der Waals surface area contributed by atoms with E-state index >= 15 is 0 Å². The predicted molar refractivity (Wildman–Crippen MR) is 330 cm³/mol. The summed E-state index contributed by atoms with van der Waals surface area (Å²) < 4.78 is 16.8. The molecule has 0 saturated heterocycles. The average Bonchev–Trinajstić information content (AvgIpc) is 3.42. The minimum absolute atomic E-state index is 0.107. The number of allylic oxidation sites excluding steroid dienone is 18. The van der Waals surface area contributed by atoms with Crippen LogP contribution in [0.15, 0.2) is 109 Å². The van der Waals surface area contributed by atoms with Gasteiger partial charge in [-0.15, -0.1) is 0 Å². The second-order valence-corrected chi connectivity index (χ2v) is 20.9. The molecule has 434 valence electrons. The van der Waals surface area contributed by atoms with Crippen molar-refractivity contribution in [1.82, 2.24) is 0 Å². The van der Waals surface area contributed by atoms with Gasteiger partial charge in [-0.05, 0) is 96.3 Å². The summed E-state index contributed by atoms with van der Waals surface area (Å²) in [6.07, 6.45) is 86.9. The van der Waals surface area contributed by atoms with Crippen LogP contribution < -0.4 is 0 Å². The summed E-state index contributed by atoms with van der Waals surface area (Å²) in [5.74, 6) is -0.988. The zero-order valence-corrected chi connectivity index (χ0v) is 49.7. The summed E-state index contributed by atoms with van der Waals surface area (Å²) >= 11 is 0. The first-order valence-corrected chi connectivity index (χ1v) is 31.9. The van der Waals surface area contributed by atoms with Crippen molar-refractivity contribution in [2.75, 3.05) is 13.2 Å². The maximum absolute atomic E-state index is 12.8. The molecule has 0 N–H and O–H groups in total. The Hall–Kier alpha value is -3.93. The second-order valence-electron chi connectivity index (χ2n) is 20.9. The molecule has 0 spiro atoms. The van der Waals surface area contributed by atoms with E-state index < -0.39 is 12.1 Å². The van der Waals surface area contributed by atoms with Gasteiger partial charge in [0.05, 0.1) is 0 Å². The molecule has 0 heterocycles. The highest BCUT2D eigenvalue weighted by atomic mass is 16.6. The number of rotatable bonds is 57. The first-order valence-electron chi connectivity index (χ1n) is 31.9. The molecule has 76 heavy (non-hydrogen) atoms. The standard InChI is InChI=1S/C70H118O6/c1-4-7-10-13-16-19-22-24-26-28-30-31-32-33-34-35-36-37-38-39-41-42-44-46-48-51-54-57-60-63-69(72)75-66-67(65-74-68(71)62-59-56-53-50-21-18-15-12-9-6-3)76-70(73)64-61-58-55-52-49-47-45-43-40-29-27-25-23-20-17-14-11-8-5-2/h8,11,17,20,22,24-25,27-28,30,32-33,40,43,47,49,55,58,67H,4-7,9-10,12-16,18-19,21,23,26,29,31,34-39,41-42,44-46,48,50-54,56-57,59-66H2,1-3H3/b11-8-,20-17-,24-22-,27-25-,30-28-,33-32-,43-40-,49-47-,58-55-. The third kappa shape index (κ3) is 60.9. The van der Waals surface area contributed by atoms with Crippen molar-refractivity contribution in [3.63, 3.8) is 0 Å². The third-order valence-corrected chi connectivity index (χ3v) is 13.5. The van der Waals surface area contributed by atoms with Crippen LogP contribution in [0.2, 0.25) is 0 Å². The Morgan fingerprint density at radius 3 is 0.855 bits per heavy atom. The van der Waals surface area contributed by atoms with Crippen LogP contribution in [0.1, 0.15) is 297 Å². The molecular weight excluding hydrogens is 937 g/mol. The van der Waals surface area contributed by atoms with Crippen molar-refractivity contribution in [2.45, 2.75) is 303 Å². The zero-order valence-electron chi connectivity index (χ0n) is 49.7. The summed E-state index contributed by atoms with van der Waals surface area (Å²) in [7, 11) is 0. The van der Waals surface area contributed by atoms with Gasteiger partial charge in [0.1, 0.15) is 13.2 Å². The molecule has 0 aliphatic rings. The number of carbonyl (C=O) groups excluding carboxylic acids is 3. The summed E-state index contributed by atoms with van der Waals surface area (Å²) in [4.78, 5) is 38.1. The molecule has 0 rings (SSSR count). The molecule has 0 saturated carbocycles. The molecule has 1 unspecified atom stereocenters. The van der Waals surface area contributed by atoms with E-state index in [1.54, 1.807) is 0 Å². The second kappa shape index (κ2) is 63.6. The van der Waals surface area contributed by atoms with Crippen molar-refractivity contribution in [3.8, 4) is 0 Å². The lowest BCUT2D eigenvalue weighted by Gasteiger charge is -2.18. The van der Waals surface area contributed by atoms with E-state index in [1.807, 2.05) is 6.08 Å². The minimum atomic E-state index is -0.818. The Morgan fingerprint density at radius 2 is 0.539 bits per heavy atom. The van der Waals surface area contributed by atoms with E-state index in [2.05, 4.69) is 124 Å². The molecule has 0 aromatic rings. The van der Waals surface area contributed by atoms with Crippen molar-refractivity contribution in [2.24, 2.45) is 0 Å². The zero-order chi connectivity index (χ0) is 55.0. The van der Waals surface area contributed by atoms with Crippen LogP contribution in [0.5, 0.6) is 0 Å². The first kappa shape index (κ1) is 72.1. The highest BCUT2D eigenvalue weighted by Crippen LogP contribution is 2.16. The Bertz CT molecular complexity index is 1540. The average molecular weight is 1060 g/mol. The Kier molecular flexibility index (Phi) is 60.3. The fourth-order valence-corrected chi connectivity index (χ4v) is 8.77. The molecule has 0 radical (unpaired) electrons. The highest BCUT2D eigenvalue weighted by molar-refractivity contribution is 5.71. The molecule has 0 aliphatic carbocycles. The maximum atomic E-state index is 12.8. The molecule has 1 atom stereocenters. The quantitative estimate of drug-likeness (QED) is 0.0261. The maximum Gasteiger partial charge on any atom is 0.306 e. The van der Waals surface area contributed by atoms with Gasteiger partial charge in [0.15, 0.2) is 6.10 Å². The van der Waals surface area contributed by atoms with E-state index in [-0.39, 0.29) is 31.6 Å². The van der Waals surface area contributed by atoms with Crippen LogP contribution >= 0.6 is 0 Å². The monoisotopic (exact) mass is 1050 g/mol. The van der Waals surface area contributed by atoms with Crippen LogP contribution in [0.3, 0.4) is 0 Å². The SMILES string of the molecule is CC/C=C\C/C=C\C/C=C\C/C=C\C/C=C\C/C=C\CCC(=O)OC(COC(=O)CCCCCCCCCCCC)COC(=O)CCCCCCCCCCCCCCCC/C=C\C/C=C\C/C=C\CCCCCCC. The van der Waals surface area contributed by atoms with E-state index in [1.165, 1.54) is 161 Å². The fourth-order valence-electron chi connectivity index (χ4n) is 8.77. The molecule has 0 aromatic heterocycles. The van der Waals surface area contributed by atoms with Gasteiger partial charge in [-0.3, -0.25) is 14.4 Å². The van der Waals surface area contributed by atoms with Gasteiger partial charge in [0, 0.05) is 19.3 Å². The van der Waals surface area contributed by atoms with E-state index in [0.717, 1.165) is 89.9 Å². The van der Waals surface area contributed by atoms with Gasteiger partial charge >= 0.3 is 17.9 Å². The summed E-state index contributed by atoms with van der Waals surface area (Å²) in [6.45, 7) is 6.45. The lowest BCUT2D eigenvalue weighted by Crippen LogP contribution is -2.30. The van der Waals surface area contributed by atoms with Crippen molar-refractivity contribution >= 4 is 17.9 Å². The summed E-state index contributed by atoms with van der Waals surface area (Å²) in [5.41, 5.74) is 0. The van der Waals surface area contributed by atoms with E-state index in [0.29, 0.717) is 19.3 Å². The predicted octanol–water partition coefficient (Wildman–Crippen LogP) is 21.8. The van der Waals surface area contributed by atoms with Crippen LogP contribution in [0.25, 0.3) is 0 Å². The summed E-state index contributed by atoms with van der Waals surface area (Å²) in [6, 6.07) is 0. The number of hydrogen-bond donors (Lipinski definition) is 0. The van der Waals surface area contributed by atoms with Gasteiger partial charge < -0.3 is 14.2 Å². The minimum Gasteiger partial charge on any atom is -0.462 e. The number of ether oxygens (including phenoxy) is 3. The molecule has 6 heteroatoms. The molecule has 6 nitrogen and oxygen atoms in total. The van der Waals surface area contributed by atoms with Gasteiger partial charge in [-0.1, -0.05) is 291 Å². The van der Waals surface area contributed by atoms with Crippen LogP contribution in [-0.2, 0) is 28.6 Å². The lowest BCUT2D eigenvalue weighted by molar-refractivity contribution is -0.166. The smallest absolute Gasteiger partial charge is 0.306 e. The van der Waals surface area contributed by atoms with Crippen LogP contribution in [-0.4, -0.2) is 37.2 Å². The third-order valence-electron chi connectivity index (χ3n) is 13.5. The van der Waals surface area contributed by atoms with E-state index in [9.17, 15) is 14.4 Å². The number of esters is 3. The number of carbonyl (C=O) groups is 3. The van der Waals surface area contributed by atoms with Crippen molar-refractivity contribution < 1.29 is 28.6 Å². The Morgan fingerprint density at radius 1 is 0.276 bits per heavy atom. The number of unbranched alkanes of at least 4 members (excludes halogenated alkanes) is 28. The van der Waals surface area contributed by atoms with Gasteiger partial charge in [0.2, 0.25) is 0 Å². The summed E-state index contributed by atoms with van der Waals surface area (Å²) in [5, 5.41) is 0. The highest BCUT2D eigenvalue weighted by Gasteiger charge is 2.19. The van der Waals surface area contributed by atoms with Crippen molar-refractivity contribution in [1.29, 1.82) is 0 Å². The van der Waals surface area contributed by atoms with Gasteiger partial charge in [-0.2, -0.15) is 0 Å². The van der Waals surface area contributed by atoms with Gasteiger partial charge in [0.25, 0.3) is 0 Å². The Balaban J connectivity index is 4.28. The van der Waals surface area contributed by atoms with E-state index in [4.69, 9.17) is 14.2 Å². The Labute approximate surface area is 470 Å². The lowest BCUT2D eigenvalue weighted by atomic mass is 10.0. The number of hydrogen-bond acceptors (Lipinski definition) is 6. The molecule has 0 amide bonds. The largest absolute Gasteiger partial charge is 0.462 e. The molecule has 0 bridgehead atoms. The normalized spacial score (nSPS) is 12.8. The molecular formula is C70H118O6. The first-order chi connectivity index (χ1) is 37.5. The van der Waals surface area contributed by atoms with Crippen LogP contribution in [0, 0.1) is 0 Å². The molecule has 0 fully saturated rings. The molecule has 0 aromatic carbocycles.